The number of rotatable bonds is 4. The lowest BCUT2D eigenvalue weighted by atomic mass is 9.98. The van der Waals surface area contributed by atoms with Gasteiger partial charge in [-0.2, -0.15) is 5.26 Å². The first-order valence-electron chi connectivity index (χ1n) is 6.16. The highest BCUT2D eigenvalue weighted by Crippen LogP contribution is 2.21. The van der Waals surface area contributed by atoms with Crippen molar-refractivity contribution in [3.8, 4) is 6.07 Å². The molecule has 0 unspecified atom stereocenters. The standard InChI is InChI=1S/C17H15NO3/c1-4-12(9-15(17(20)21)16(19)5-2)13-7-6-11(3)14(8-13)10-18/h5-9,19H,1H2,2-3H3,(H,20,21)/b15-9+,16-5+. The van der Waals surface area contributed by atoms with Crippen LogP contribution in [0.5, 0.6) is 0 Å². The molecule has 1 aromatic rings. The van der Waals surface area contributed by atoms with Gasteiger partial charge in [-0.25, -0.2) is 4.79 Å². The van der Waals surface area contributed by atoms with E-state index >= 15 is 0 Å². The maximum atomic E-state index is 11.2. The lowest BCUT2D eigenvalue weighted by molar-refractivity contribution is -0.132. The van der Waals surface area contributed by atoms with Crippen LogP contribution in [-0.4, -0.2) is 16.2 Å². The molecule has 0 saturated heterocycles. The van der Waals surface area contributed by atoms with Gasteiger partial charge in [-0.05, 0) is 43.2 Å². The van der Waals surface area contributed by atoms with Gasteiger partial charge in [0.25, 0.3) is 0 Å². The molecular formula is C17H15NO3. The maximum absolute atomic E-state index is 11.2. The molecule has 106 valence electrons. The monoisotopic (exact) mass is 281 g/mol. The number of carbonyl (C=O) groups is 1. The topological polar surface area (TPSA) is 81.3 Å². The van der Waals surface area contributed by atoms with E-state index in [1.807, 2.05) is 6.92 Å². The highest BCUT2D eigenvalue weighted by Gasteiger charge is 2.13. The normalized spacial score (nSPS) is 11.5. The molecule has 0 aromatic heterocycles. The molecule has 0 fully saturated rings. The van der Waals surface area contributed by atoms with E-state index in [9.17, 15) is 9.90 Å². The van der Waals surface area contributed by atoms with Crippen LogP contribution in [0.25, 0.3) is 5.57 Å². The smallest absolute Gasteiger partial charge is 0.339 e. The molecule has 0 saturated carbocycles. The van der Waals surface area contributed by atoms with Crippen LogP contribution in [-0.2, 0) is 4.79 Å². The van der Waals surface area contributed by atoms with Gasteiger partial charge in [-0.3, -0.25) is 0 Å². The molecule has 0 radical (unpaired) electrons. The lowest BCUT2D eigenvalue weighted by Crippen LogP contribution is -2.03. The van der Waals surface area contributed by atoms with Crippen LogP contribution in [0.15, 0.2) is 54.0 Å². The van der Waals surface area contributed by atoms with E-state index in [0.29, 0.717) is 16.7 Å². The van der Waals surface area contributed by atoms with Crippen LogP contribution in [0.4, 0.5) is 0 Å². The number of benzene rings is 1. The van der Waals surface area contributed by atoms with Crippen molar-refractivity contribution in [1.29, 1.82) is 5.26 Å². The van der Waals surface area contributed by atoms with E-state index in [2.05, 4.69) is 18.4 Å². The van der Waals surface area contributed by atoms with E-state index in [0.717, 1.165) is 5.56 Å². The van der Waals surface area contributed by atoms with Crippen LogP contribution >= 0.6 is 0 Å². The Morgan fingerprint density at radius 3 is 2.52 bits per heavy atom. The molecule has 0 aliphatic carbocycles. The third kappa shape index (κ3) is 3.73. The summed E-state index contributed by atoms with van der Waals surface area (Å²) in [5, 5.41) is 27.8. The van der Waals surface area contributed by atoms with Crippen LogP contribution in [0.2, 0.25) is 0 Å². The molecule has 0 aliphatic rings. The number of allylic oxidation sites excluding steroid dienone is 3. The van der Waals surface area contributed by atoms with Crippen LogP contribution in [0, 0.1) is 18.3 Å². The van der Waals surface area contributed by atoms with Crippen molar-refractivity contribution in [2.24, 2.45) is 0 Å². The molecule has 1 aromatic carbocycles. The lowest BCUT2D eigenvalue weighted by Gasteiger charge is -2.06. The van der Waals surface area contributed by atoms with Crippen molar-refractivity contribution < 1.29 is 15.0 Å². The minimum Gasteiger partial charge on any atom is -0.507 e. The first-order chi connectivity index (χ1) is 9.94. The predicted molar refractivity (Wildman–Crippen MR) is 80.5 cm³/mol. The quantitative estimate of drug-likeness (QED) is 0.383. The Morgan fingerprint density at radius 2 is 2.05 bits per heavy atom. The first-order valence-corrected chi connectivity index (χ1v) is 6.16. The molecule has 0 bridgehead atoms. The second kappa shape index (κ2) is 6.95. The Morgan fingerprint density at radius 1 is 1.38 bits per heavy atom. The van der Waals surface area contributed by atoms with E-state index in [-0.39, 0.29) is 11.3 Å². The van der Waals surface area contributed by atoms with Crippen molar-refractivity contribution in [1.82, 2.24) is 0 Å². The average Bonchev–Trinajstić information content (AvgIpc) is 2.48. The summed E-state index contributed by atoms with van der Waals surface area (Å²) in [5.74, 6) is -1.60. The zero-order chi connectivity index (χ0) is 16.0. The van der Waals surface area contributed by atoms with Crippen LogP contribution < -0.4 is 0 Å². The molecule has 0 spiro atoms. The van der Waals surface area contributed by atoms with E-state index in [1.54, 1.807) is 18.2 Å². The molecular weight excluding hydrogens is 266 g/mol. The molecule has 4 nitrogen and oxygen atoms in total. The number of nitrogens with zero attached hydrogens (tertiary/aromatic N) is 1. The summed E-state index contributed by atoms with van der Waals surface area (Å²) in [7, 11) is 0. The number of hydrogen-bond acceptors (Lipinski definition) is 3. The molecule has 0 aliphatic heterocycles. The fourth-order valence-electron chi connectivity index (χ4n) is 1.69. The van der Waals surface area contributed by atoms with Gasteiger partial charge in [0, 0.05) is 5.57 Å². The van der Waals surface area contributed by atoms with E-state index in [4.69, 9.17) is 10.4 Å². The number of hydrogen-bond donors (Lipinski definition) is 2. The Balaban J connectivity index is 3.43. The van der Waals surface area contributed by atoms with Gasteiger partial charge in [-0.15, -0.1) is 5.73 Å². The molecule has 2 N–H and O–H groups in total. The highest BCUT2D eigenvalue weighted by molar-refractivity contribution is 5.95. The van der Waals surface area contributed by atoms with Gasteiger partial charge >= 0.3 is 5.97 Å². The molecule has 0 heterocycles. The Labute approximate surface area is 123 Å². The first kappa shape index (κ1) is 16.0. The largest absolute Gasteiger partial charge is 0.507 e. The molecule has 21 heavy (non-hydrogen) atoms. The highest BCUT2D eigenvalue weighted by atomic mass is 16.4. The van der Waals surface area contributed by atoms with Gasteiger partial charge in [0.15, 0.2) is 0 Å². The zero-order valence-electron chi connectivity index (χ0n) is 11.8. The number of carboxylic acid groups (broad SMARTS) is 1. The number of aliphatic hydroxyl groups excluding tert-OH is 1. The Hall–Kier alpha value is -3.02. The summed E-state index contributed by atoms with van der Waals surface area (Å²) in [4.78, 5) is 11.2. The van der Waals surface area contributed by atoms with Gasteiger partial charge in [0.1, 0.15) is 11.3 Å². The number of aliphatic carboxylic acids is 1. The number of carboxylic acids is 1. The van der Waals surface area contributed by atoms with Gasteiger partial charge in [0.05, 0.1) is 11.6 Å². The number of aryl methyl sites for hydroxylation is 1. The van der Waals surface area contributed by atoms with Crippen molar-refractivity contribution in [2.75, 3.05) is 0 Å². The van der Waals surface area contributed by atoms with Gasteiger partial charge in [-0.1, -0.05) is 18.7 Å². The zero-order valence-corrected chi connectivity index (χ0v) is 11.8. The predicted octanol–water partition coefficient (Wildman–Crippen LogP) is 3.51. The Bertz CT molecular complexity index is 727. The fraction of sp³-hybridized carbons (Fsp3) is 0.118. The summed E-state index contributed by atoms with van der Waals surface area (Å²) in [6.45, 7) is 6.87. The van der Waals surface area contributed by atoms with Gasteiger partial charge in [0.2, 0.25) is 0 Å². The molecule has 1 rings (SSSR count). The maximum Gasteiger partial charge on any atom is 0.339 e. The third-order valence-electron chi connectivity index (χ3n) is 2.93. The molecule has 4 heteroatoms. The Kier molecular flexibility index (Phi) is 5.31. The van der Waals surface area contributed by atoms with Crippen molar-refractivity contribution in [3.63, 3.8) is 0 Å². The average molecular weight is 281 g/mol. The van der Waals surface area contributed by atoms with Crippen molar-refractivity contribution in [2.45, 2.75) is 13.8 Å². The fourth-order valence-corrected chi connectivity index (χ4v) is 1.69. The van der Waals surface area contributed by atoms with Gasteiger partial charge < -0.3 is 10.2 Å². The summed E-state index contributed by atoms with van der Waals surface area (Å²) in [5.41, 5.74) is 4.67. The summed E-state index contributed by atoms with van der Waals surface area (Å²) in [6, 6.07) is 7.20. The second-order valence-electron chi connectivity index (χ2n) is 4.27. The summed E-state index contributed by atoms with van der Waals surface area (Å²) in [6.07, 6.45) is 2.56. The van der Waals surface area contributed by atoms with Crippen molar-refractivity contribution in [3.05, 3.63) is 70.7 Å². The number of aliphatic hydroxyl groups is 1. The third-order valence-corrected chi connectivity index (χ3v) is 2.93. The molecule has 0 atom stereocenters. The minimum absolute atomic E-state index is 0.261. The summed E-state index contributed by atoms with van der Waals surface area (Å²) < 4.78 is 0. The van der Waals surface area contributed by atoms with Crippen molar-refractivity contribution >= 4 is 11.5 Å². The van der Waals surface area contributed by atoms with E-state index in [1.165, 1.54) is 19.1 Å². The SMILES string of the molecule is C=C=C(/C=C(C(=O)O)\C(O)=C/C)c1ccc(C)c(C#N)c1. The molecule has 0 amide bonds. The minimum atomic E-state index is -1.26. The number of nitriles is 1. The second-order valence-corrected chi connectivity index (χ2v) is 4.27. The van der Waals surface area contributed by atoms with Crippen LogP contribution in [0.3, 0.4) is 0 Å². The van der Waals surface area contributed by atoms with Crippen LogP contribution in [0.1, 0.15) is 23.6 Å². The summed E-state index contributed by atoms with van der Waals surface area (Å²) >= 11 is 0. The van der Waals surface area contributed by atoms with E-state index < -0.39 is 5.97 Å².